The predicted octanol–water partition coefficient (Wildman–Crippen LogP) is 2.09. The average molecular weight is 490 g/mol. The topological polar surface area (TPSA) is 109 Å². The van der Waals surface area contributed by atoms with Gasteiger partial charge in [-0.15, -0.1) is 0 Å². The molecule has 0 bridgehead atoms. The van der Waals surface area contributed by atoms with Gasteiger partial charge in [0.2, 0.25) is 12.7 Å². The first kappa shape index (κ1) is 25.2. The number of carbonyl (C=O) groups is 3. The van der Waals surface area contributed by atoms with Gasteiger partial charge < -0.3 is 19.5 Å². The fraction of sp³-hybridized carbons (Fsp3) is 0.640. The highest BCUT2D eigenvalue weighted by Crippen LogP contribution is 2.42. The number of carboxylic acids is 1. The molecule has 0 aliphatic carbocycles. The van der Waals surface area contributed by atoms with Crippen LogP contribution in [0.25, 0.3) is 0 Å². The van der Waals surface area contributed by atoms with Crippen LogP contribution in [0.15, 0.2) is 18.2 Å². The first-order valence-corrected chi connectivity index (χ1v) is 12.5. The van der Waals surface area contributed by atoms with Gasteiger partial charge in [-0.3, -0.25) is 24.1 Å². The van der Waals surface area contributed by atoms with Crippen LogP contribution < -0.4 is 9.47 Å². The Morgan fingerprint density at radius 1 is 1.20 bits per heavy atom. The average Bonchev–Trinajstić information content (AvgIpc) is 3.55. The molecule has 3 aliphatic heterocycles. The zero-order valence-corrected chi connectivity index (χ0v) is 20.5. The summed E-state index contributed by atoms with van der Waals surface area (Å²) < 4.78 is 10.9. The third-order valence-corrected chi connectivity index (χ3v) is 6.93. The van der Waals surface area contributed by atoms with Crippen LogP contribution in [0.4, 0.5) is 0 Å². The van der Waals surface area contributed by atoms with E-state index in [0.29, 0.717) is 44.2 Å². The Bertz CT molecular complexity index is 940. The van der Waals surface area contributed by atoms with Crippen LogP contribution in [-0.2, 0) is 19.2 Å². The normalized spacial score (nSPS) is 23.8. The standard InChI is InChI=1S/C25H35N3O7/c1-3-9-28(35-11-4-2)23(30)15-27-13-18(17-7-8-20-21(12-17)34-16-33-20)24(25(31)32)19(27)14-26-10-5-6-22(26)29/h7-8,12,18-19,24H,3-6,9-11,13-16H2,1-2H3,(H,31,32). The van der Waals surface area contributed by atoms with Gasteiger partial charge in [0.05, 0.1) is 19.1 Å². The summed E-state index contributed by atoms with van der Waals surface area (Å²) in [6.45, 7) is 6.30. The van der Waals surface area contributed by atoms with E-state index in [9.17, 15) is 19.5 Å². The van der Waals surface area contributed by atoms with Gasteiger partial charge in [-0.05, 0) is 37.0 Å². The molecular weight excluding hydrogens is 454 g/mol. The first-order chi connectivity index (χ1) is 16.9. The number of fused-ring (bicyclic) bond motifs is 1. The number of ether oxygens (including phenoxy) is 2. The number of hydrogen-bond acceptors (Lipinski definition) is 7. The van der Waals surface area contributed by atoms with Crippen molar-refractivity contribution in [3.8, 4) is 11.5 Å². The highest BCUT2D eigenvalue weighted by atomic mass is 16.7. The lowest BCUT2D eigenvalue weighted by Crippen LogP contribution is -2.49. The largest absolute Gasteiger partial charge is 0.481 e. The van der Waals surface area contributed by atoms with Crippen LogP contribution in [0.1, 0.15) is 51.0 Å². The number of benzene rings is 1. The molecule has 10 heteroatoms. The van der Waals surface area contributed by atoms with E-state index in [1.165, 1.54) is 5.06 Å². The summed E-state index contributed by atoms with van der Waals surface area (Å²) in [4.78, 5) is 47.5. The molecule has 2 fully saturated rings. The van der Waals surface area contributed by atoms with E-state index in [-0.39, 0.29) is 37.6 Å². The lowest BCUT2D eigenvalue weighted by molar-refractivity contribution is -0.188. The van der Waals surface area contributed by atoms with E-state index >= 15 is 0 Å². The summed E-state index contributed by atoms with van der Waals surface area (Å²) >= 11 is 0. The summed E-state index contributed by atoms with van der Waals surface area (Å²) in [5.74, 6) is -1.03. The Morgan fingerprint density at radius 2 is 2.00 bits per heavy atom. The van der Waals surface area contributed by atoms with Gasteiger partial charge in [-0.2, -0.15) is 0 Å². The summed E-state index contributed by atoms with van der Waals surface area (Å²) in [5.41, 5.74) is 0.821. The summed E-state index contributed by atoms with van der Waals surface area (Å²) in [6.07, 6.45) is 2.77. The monoisotopic (exact) mass is 489 g/mol. The highest BCUT2D eigenvalue weighted by Gasteiger charge is 2.48. The minimum Gasteiger partial charge on any atom is -0.481 e. The maximum absolute atomic E-state index is 13.2. The zero-order chi connectivity index (χ0) is 24.9. The molecule has 1 aromatic carbocycles. The van der Waals surface area contributed by atoms with Gasteiger partial charge in [0.15, 0.2) is 11.5 Å². The van der Waals surface area contributed by atoms with Crippen molar-refractivity contribution >= 4 is 17.8 Å². The number of hydrogen-bond donors (Lipinski definition) is 1. The van der Waals surface area contributed by atoms with Crippen LogP contribution in [0.2, 0.25) is 0 Å². The van der Waals surface area contributed by atoms with E-state index in [0.717, 1.165) is 24.8 Å². The highest BCUT2D eigenvalue weighted by molar-refractivity contribution is 5.79. The fourth-order valence-corrected chi connectivity index (χ4v) is 5.24. The third kappa shape index (κ3) is 5.54. The number of carboxylic acid groups (broad SMARTS) is 1. The molecule has 0 saturated carbocycles. The molecule has 2 amide bonds. The van der Waals surface area contributed by atoms with E-state index in [1.807, 2.05) is 30.9 Å². The van der Waals surface area contributed by atoms with Crippen LogP contribution >= 0.6 is 0 Å². The molecule has 192 valence electrons. The number of hydroxylamine groups is 2. The quantitative estimate of drug-likeness (QED) is 0.471. The molecule has 1 aromatic rings. The Hall–Kier alpha value is -2.85. The molecule has 10 nitrogen and oxygen atoms in total. The van der Waals surface area contributed by atoms with Crippen LogP contribution in [-0.4, -0.2) is 89.9 Å². The Morgan fingerprint density at radius 3 is 2.69 bits per heavy atom. The molecule has 35 heavy (non-hydrogen) atoms. The SMILES string of the molecule is CCCON(CCC)C(=O)CN1CC(c2ccc3c(c2)OCO3)C(C(=O)O)C1CN1CCCC1=O. The van der Waals surface area contributed by atoms with Gasteiger partial charge >= 0.3 is 5.97 Å². The molecule has 1 N–H and O–H groups in total. The molecule has 2 saturated heterocycles. The number of aliphatic carboxylic acids is 1. The third-order valence-electron chi connectivity index (χ3n) is 6.93. The van der Waals surface area contributed by atoms with Crippen molar-refractivity contribution in [2.75, 3.05) is 46.1 Å². The van der Waals surface area contributed by atoms with Crippen LogP contribution in [0.5, 0.6) is 11.5 Å². The lowest BCUT2D eigenvalue weighted by Gasteiger charge is -2.31. The molecule has 3 unspecified atom stereocenters. The van der Waals surface area contributed by atoms with E-state index < -0.39 is 17.9 Å². The Labute approximate surface area is 205 Å². The number of rotatable bonds is 11. The van der Waals surface area contributed by atoms with E-state index in [2.05, 4.69) is 0 Å². The molecule has 3 heterocycles. The second-order valence-electron chi connectivity index (χ2n) is 9.35. The molecule has 0 spiro atoms. The van der Waals surface area contributed by atoms with Crippen molar-refractivity contribution in [2.45, 2.75) is 51.5 Å². The van der Waals surface area contributed by atoms with Crippen LogP contribution in [0.3, 0.4) is 0 Å². The summed E-state index contributed by atoms with van der Waals surface area (Å²) in [6, 6.07) is 5.00. The summed E-state index contributed by atoms with van der Waals surface area (Å²) in [5, 5.41) is 11.7. The second-order valence-corrected chi connectivity index (χ2v) is 9.35. The smallest absolute Gasteiger partial charge is 0.308 e. The number of nitrogens with zero attached hydrogens (tertiary/aromatic N) is 3. The number of likely N-dealkylation sites (tertiary alicyclic amines) is 2. The van der Waals surface area contributed by atoms with Gasteiger partial charge in [0.25, 0.3) is 5.91 Å². The summed E-state index contributed by atoms with van der Waals surface area (Å²) in [7, 11) is 0. The van der Waals surface area contributed by atoms with Crippen molar-refractivity contribution in [3.05, 3.63) is 23.8 Å². The maximum atomic E-state index is 13.2. The molecule has 4 rings (SSSR count). The fourth-order valence-electron chi connectivity index (χ4n) is 5.24. The minimum atomic E-state index is -0.938. The van der Waals surface area contributed by atoms with E-state index in [1.54, 1.807) is 11.0 Å². The maximum Gasteiger partial charge on any atom is 0.308 e. The van der Waals surface area contributed by atoms with Crippen LogP contribution in [0, 0.1) is 5.92 Å². The van der Waals surface area contributed by atoms with Gasteiger partial charge in [-0.25, -0.2) is 5.06 Å². The van der Waals surface area contributed by atoms with E-state index in [4.69, 9.17) is 14.3 Å². The number of carbonyl (C=O) groups excluding carboxylic acids is 2. The molecular formula is C25H35N3O7. The molecule has 3 atom stereocenters. The molecule has 0 aromatic heterocycles. The molecule has 0 radical (unpaired) electrons. The van der Waals surface area contributed by atoms with Crippen molar-refractivity contribution in [1.82, 2.24) is 14.9 Å². The Balaban J connectivity index is 1.61. The van der Waals surface area contributed by atoms with Gasteiger partial charge in [-0.1, -0.05) is 19.9 Å². The Kier molecular flexibility index (Phi) is 8.12. The number of amides is 2. The first-order valence-electron chi connectivity index (χ1n) is 12.5. The molecule has 3 aliphatic rings. The second kappa shape index (κ2) is 11.3. The van der Waals surface area contributed by atoms with Gasteiger partial charge in [0.1, 0.15) is 0 Å². The van der Waals surface area contributed by atoms with Crippen molar-refractivity contribution < 1.29 is 33.8 Å². The zero-order valence-electron chi connectivity index (χ0n) is 20.5. The predicted molar refractivity (Wildman–Crippen MR) is 126 cm³/mol. The lowest BCUT2D eigenvalue weighted by atomic mass is 9.85. The van der Waals surface area contributed by atoms with Gasteiger partial charge in [0, 0.05) is 44.6 Å². The van der Waals surface area contributed by atoms with Crippen molar-refractivity contribution in [3.63, 3.8) is 0 Å². The minimum absolute atomic E-state index is 0.0290. The van der Waals surface area contributed by atoms with Crippen molar-refractivity contribution in [2.24, 2.45) is 5.92 Å². The van der Waals surface area contributed by atoms with Crippen molar-refractivity contribution in [1.29, 1.82) is 0 Å².